The third kappa shape index (κ3) is 2.38. The third-order valence-electron chi connectivity index (χ3n) is 3.96. The summed E-state index contributed by atoms with van der Waals surface area (Å²) in [5.41, 5.74) is 1.72. The van der Waals surface area contributed by atoms with Crippen LogP contribution in [0.2, 0.25) is 0 Å². The number of hydrogen-bond donors (Lipinski definition) is 1. The molecule has 80 valence electrons. The Bertz CT molecular complexity index is 203. The van der Waals surface area contributed by atoms with E-state index in [1.165, 1.54) is 51.4 Å². The lowest BCUT2D eigenvalue weighted by atomic mass is 9.77. The maximum absolute atomic E-state index is 3.51. The summed E-state index contributed by atoms with van der Waals surface area (Å²) in [4.78, 5) is 0. The Morgan fingerprint density at radius 3 is 2.71 bits per heavy atom. The molecule has 1 atom stereocenters. The molecular weight excluding hydrogens is 170 g/mol. The van der Waals surface area contributed by atoms with E-state index in [9.17, 15) is 0 Å². The highest BCUT2D eigenvalue weighted by molar-refractivity contribution is 5.08. The van der Waals surface area contributed by atoms with E-state index in [-0.39, 0.29) is 0 Å². The van der Waals surface area contributed by atoms with Crippen molar-refractivity contribution in [3.8, 4) is 0 Å². The van der Waals surface area contributed by atoms with Crippen molar-refractivity contribution in [1.82, 2.24) is 5.32 Å². The Morgan fingerprint density at radius 1 is 1.36 bits per heavy atom. The normalized spacial score (nSPS) is 25.4. The molecule has 0 radical (unpaired) electrons. The number of nitrogens with one attached hydrogen (secondary N) is 1. The molecule has 1 saturated carbocycles. The van der Waals surface area contributed by atoms with Gasteiger partial charge in [0.15, 0.2) is 0 Å². The molecule has 0 spiro atoms. The molecule has 1 unspecified atom stereocenters. The van der Waals surface area contributed by atoms with Gasteiger partial charge in [0.1, 0.15) is 0 Å². The molecular formula is C13H23N. The largest absolute Gasteiger partial charge is 0.316 e. The monoisotopic (exact) mass is 193 g/mol. The van der Waals surface area contributed by atoms with Crippen molar-refractivity contribution in [1.29, 1.82) is 0 Å². The zero-order valence-electron chi connectivity index (χ0n) is 9.39. The minimum Gasteiger partial charge on any atom is -0.316 e. The molecule has 1 heteroatoms. The van der Waals surface area contributed by atoms with Gasteiger partial charge in [0.2, 0.25) is 0 Å². The van der Waals surface area contributed by atoms with Gasteiger partial charge in [-0.2, -0.15) is 0 Å². The van der Waals surface area contributed by atoms with Gasteiger partial charge in [0.25, 0.3) is 0 Å². The van der Waals surface area contributed by atoms with E-state index in [2.05, 4.69) is 18.4 Å². The zero-order valence-corrected chi connectivity index (χ0v) is 9.39. The second kappa shape index (κ2) is 4.97. The fourth-order valence-electron chi connectivity index (χ4n) is 2.72. The topological polar surface area (TPSA) is 12.0 Å². The van der Waals surface area contributed by atoms with Crippen molar-refractivity contribution in [3.63, 3.8) is 0 Å². The Morgan fingerprint density at radius 2 is 2.21 bits per heavy atom. The number of hydrogen-bond acceptors (Lipinski definition) is 1. The minimum absolute atomic E-state index is 0.771. The highest BCUT2D eigenvalue weighted by Gasteiger charge is 2.26. The van der Waals surface area contributed by atoms with Crippen LogP contribution in [0.25, 0.3) is 0 Å². The fraction of sp³-hybridized carbons (Fsp3) is 0.846. The van der Waals surface area contributed by atoms with Crippen molar-refractivity contribution in [2.45, 2.75) is 57.4 Å². The van der Waals surface area contributed by atoms with Gasteiger partial charge in [-0.25, -0.2) is 0 Å². The first-order chi connectivity index (χ1) is 6.90. The number of rotatable bonds is 4. The predicted molar refractivity (Wildman–Crippen MR) is 61.4 cm³/mol. The summed E-state index contributed by atoms with van der Waals surface area (Å²) in [6.45, 7) is 0. The van der Waals surface area contributed by atoms with E-state index in [1.54, 1.807) is 5.57 Å². The highest BCUT2D eigenvalue weighted by atomic mass is 14.9. The van der Waals surface area contributed by atoms with Crippen molar-refractivity contribution in [3.05, 3.63) is 11.6 Å². The summed E-state index contributed by atoms with van der Waals surface area (Å²) in [7, 11) is 2.13. The Labute approximate surface area is 88.0 Å². The van der Waals surface area contributed by atoms with Gasteiger partial charge in [-0.15, -0.1) is 0 Å². The van der Waals surface area contributed by atoms with E-state index in [1.807, 2.05) is 0 Å². The van der Waals surface area contributed by atoms with Crippen LogP contribution in [0.15, 0.2) is 11.6 Å². The van der Waals surface area contributed by atoms with E-state index in [4.69, 9.17) is 0 Å². The molecule has 1 fully saturated rings. The van der Waals surface area contributed by atoms with Gasteiger partial charge in [-0.1, -0.05) is 18.1 Å². The summed E-state index contributed by atoms with van der Waals surface area (Å²) in [5.74, 6) is 0.975. The summed E-state index contributed by atoms with van der Waals surface area (Å²) >= 11 is 0. The lowest BCUT2D eigenvalue weighted by Gasteiger charge is -2.34. The molecule has 1 N–H and O–H groups in total. The van der Waals surface area contributed by atoms with Gasteiger partial charge in [-0.05, 0) is 57.9 Å². The second-order valence-corrected chi connectivity index (χ2v) is 4.90. The summed E-state index contributed by atoms with van der Waals surface area (Å²) in [5, 5.41) is 3.51. The molecule has 2 aliphatic carbocycles. The Hall–Kier alpha value is -0.300. The van der Waals surface area contributed by atoms with E-state index < -0.39 is 0 Å². The van der Waals surface area contributed by atoms with E-state index in [0.717, 1.165) is 12.0 Å². The van der Waals surface area contributed by atoms with Gasteiger partial charge >= 0.3 is 0 Å². The molecule has 1 nitrogen and oxygen atoms in total. The second-order valence-electron chi connectivity index (χ2n) is 4.90. The molecule has 2 aliphatic rings. The summed E-state index contributed by atoms with van der Waals surface area (Å²) < 4.78 is 0. The van der Waals surface area contributed by atoms with Crippen LogP contribution in [0.4, 0.5) is 0 Å². The molecule has 0 bridgehead atoms. The van der Waals surface area contributed by atoms with Crippen LogP contribution < -0.4 is 5.32 Å². The van der Waals surface area contributed by atoms with Gasteiger partial charge < -0.3 is 5.32 Å². The molecule has 0 amide bonds. The zero-order chi connectivity index (χ0) is 9.80. The quantitative estimate of drug-likeness (QED) is 0.676. The van der Waals surface area contributed by atoms with Crippen LogP contribution in [-0.4, -0.2) is 13.1 Å². The molecule has 14 heavy (non-hydrogen) atoms. The lowest BCUT2D eigenvalue weighted by Crippen LogP contribution is -2.37. The summed E-state index contributed by atoms with van der Waals surface area (Å²) in [6, 6.07) is 0.771. The molecule has 0 aliphatic heterocycles. The van der Waals surface area contributed by atoms with E-state index in [0.29, 0.717) is 0 Å². The maximum Gasteiger partial charge on any atom is 0.0129 e. The van der Waals surface area contributed by atoms with Crippen LogP contribution >= 0.6 is 0 Å². The van der Waals surface area contributed by atoms with Crippen LogP contribution in [0.3, 0.4) is 0 Å². The first-order valence-electron chi connectivity index (χ1n) is 6.25. The molecule has 0 saturated heterocycles. The highest BCUT2D eigenvalue weighted by Crippen LogP contribution is 2.33. The standard InChI is InChI=1S/C13H23N/c1-14-13(12-8-5-9-12)10-11-6-3-2-4-7-11/h6,12-14H,2-5,7-10H2,1H3. The van der Waals surface area contributed by atoms with Gasteiger partial charge in [0.05, 0.1) is 0 Å². The fourth-order valence-corrected chi connectivity index (χ4v) is 2.72. The van der Waals surface area contributed by atoms with E-state index >= 15 is 0 Å². The average Bonchev–Trinajstić information content (AvgIpc) is 2.15. The predicted octanol–water partition coefficient (Wildman–Crippen LogP) is 3.27. The first-order valence-corrected chi connectivity index (χ1v) is 6.25. The molecule has 0 aromatic carbocycles. The van der Waals surface area contributed by atoms with Crippen molar-refractivity contribution < 1.29 is 0 Å². The minimum atomic E-state index is 0.771. The lowest BCUT2D eigenvalue weighted by molar-refractivity contribution is 0.234. The SMILES string of the molecule is CNC(CC1=CCCCC1)C1CCC1. The summed E-state index contributed by atoms with van der Waals surface area (Å²) in [6.07, 6.45) is 13.7. The van der Waals surface area contributed by atoms with Crippen LogP contribution in [0.5, 0.6) is 0 Å². The molecule has 0 aromatic heterocycles. The smallest absolute Gasteiger partial charge is 0.0129 e. The third-order valence-corrected chi connectivity index (χ3v) is 3.96. The molecule has 2 rings (SSSR count). The molecule has 0 heterocycles. The van der Waals surface area contributed by atoms with Crippen molar-refractivity contribution in [2.24, 2.45) is 5.92 Å². The first kappa shape index (κ1) is 10.2. The maximum atomic E-state index is 3.51. The average molecular weight is 193 g/mol. The van der Waals surface area contributed by atoms with Crippen LogP contribution in [0.1, 0.15) is 51.4 Å². The number of allylic oxidation sites excluding steroid dienone is 1. The van der Waals surface area contributed by atoms with Crippen LogP contribution in [-0.2, 0) is 0 Å². The Kier molecular flexibility index (Phi) is 3.63. The Balaban J connectivity index is 1.83. The van der Waals surface area contributed by atoms with Crippen molar-refractivity contribution in [2.75, 3.05) is 7.05 Å². The molecule has 0 aromatic rings. The van der Waals surface area contributed by atoms with Gasteiger partial charge in [-0.3, -0.25) is 0 Å². The van der Waals surface area contributed by atoms with Gasteiger partial charge in [0, 0.05) is 6.04 Å². The van der Waals surface area contributed by atoms with Crippen molar-refractivity contribution >= 4 is 0 Å². The van der Waals surface area contributed by atoms with Crippen LogP contribution in [0, 0.1) is 5.92 Å².